The maximum absolute atomic E-state index is 12.4. The SMILES string of the molecule is Cc1cccc(NC(=O)CSc2nnc(N3CCCC3)n2Cc2ccco2)c1. The first-order chi connectivity index (χ1) is 13.7. The van der Waals surface area contributed by atoms with Crippen LogP contribution in [0.4, 0.5) is 11.6 Å². The van der Waals surface area contributed by atoms with Crippen LogP contribution in [0.3, 0.4) is 0 Å². The number of aryl methyl sites for hydroxylation is 1. The lowest BCUT2D eigenvalue weighted by molar-refractivity contribution is -0.113. The summed E-state index contributed by atoms with van der Waals surface area (Å²) in [6.45, 7) is 4.51. The first-order valence-electron chi connectivity index (χ1n) is 9.39. The van der Waals surface area contributed by atoms with Gasteiger partial charge in [0.1, 0.15) is 5.76 Å². The summed E-state index contributed by atoms with van der Waals surface area (Å²) in [6.07, 6.45) is 3.99. The summed E-state index contributed by atoms with van der Waals surface area (Å²) in [5, 5.41) is 12.4. The fraction of sp³-hybridized carbons (Fsp3) is 0.350. The summed E-state index contributed by atoms with van der Waals surface area (Å²) in [5.41, 5.74) is 1.92. The van der Waals surface area contributed by atoms with Crippen molar-refractivity contribution >= 4 is 29.3 Å². The summed E-state index contributed by atoms with van der Waals surface area (Å²) in [7, 11) is 0. The first kappa shape index (κ1) is 18.6. The third kappa shape index (κ3) is 4.39. The number of rotatable bonds is 7. The minimum atomic E-state index is -0.0640. The van der Waals surface area contributed by atoms with Crippen LogP contribution >= 0.6 is 11.8 Å². The fourth-order valence-corrected chi connectivity index (χ4v) is 4.02. The largest absolute Gasteiger partial charge is 0.467 e. The minimum absolute atomic E-state index is 0.0640. The monoisotopic (exact) mass is 397 g/mol. The molecule has 1 saturated heterocycles. The highest BCUT2D eigenvalue weighted by molar-refractivity contribution is 7.99. The number of benzene rings is 1. The van der Waals surface area contributed by atoms with Gasteiger partial charge in [0.15, 0.2) is 5.16 Å². The molecule has 1 aliphatic heterocycles. The third-order valence-electron chi connectivity index (χ3n) is 4.61. The van der Waals surface area contributed by atoms with Crippen molar-refractivity contribution in [2.75, 3.05) is 29.1 Å². The highest BCUT2D eigenvalue weighted by atomic mass is 32.2. The van der Waals surface area contributed by atoms with Crippen molar-refractivity contribution < 1.29 is 9.21 Å². The van der Waals surface area contributed by atoms with Gasteiger partial charge in [-0.2, -0.15) is 0 Å². The maximum atomic E-state index is 12.4. The maximum Gasteiger partial charge on any atom is 0.234 e. The van der Waals surface area contributed by atoms with E-state index in [0.29, 0.717) is 6.54 Å². The molecule has 4 rings (SSSR count). The van der Waals surface area contributed by atoms with E-state index in [0.717, 1.165) is 54.0 Å². The molecule has 1 amide bonds. The van der Waals surface area contributed by atoms with Gasteiger partial charge in [0.25, 0.3) is 0 Å². The van der Waals surface area contributed by atoms with E-state index >= 15 is 0 Å². The van der Waals surface area contributed by atoms with Crippen LogP contribution in [0.2, 0.25) is 0 Å². The van der Waals surface area contributed by atoms with Crippen molar-refractivity contribution in [3.05, 3.63) is 54.0 Å². The van der Waals surface area contributed by atoms with E-state index in [1.807, 2.05) is 47.9 Å². The Balaban J connectivity index is 1.46. The number of anilines is 2. The topological polar surface area (TPSA) is 76.2 Å². The highest BCUT2D eigenvalue weighted by Gasteiger charge is 2.22. The van der Waals surface area contributed by atoms with Crippen LogP contribution in [0, 0.1) is 6.92 Å². The van der Waals surface area contributed by atoms with Crippen LogP contribution in [-0.2, 0) is 11.3 Å². The Bertz CT molecular complexity index is 932. The predicted octanol–water partition coefficient (Wildman–Crippen LogP) is 3.56. The lowest BCUT2D eigenvalue weighted by atomic mass is 10.2. The van der Waals surface area contributed by atoms with Gasteiger partial charge in [-0.25, -0.2) is 0 Å². The standard InChI is InChI=1S/C20H23N5O2S/c1-15-6-4-7-16(12-15)21-18(26)14-28-20-23-22-19(24-9-2-3-10-24)25(20)13-17-8-5-11-27-17/h4-8,11-12H,2-3,9-10,13-14H2,1H3,(H,21,26). The Morgan fingerprint density at radius 3 is 2.82 bits per heavy atom. The fourth-order valence-electron chi connectivity index (χ4n) is 3.29. The summed E-state index contributed by atoms with van der Waals surface area (Å²) in [6, 6.07) is 11.6. The molecule has 0 aliphatic carbocycles. The molecule has 0 saturated carbocycles. The Morgan fingerprint density at radius 1 is 1.21 bits per heavy atom. The number of nitrogens with one attached hydrogen (secondary N) is 1. The number of furan rings is 1. The van der Waals surface area contributed by atoms with Gasteiger partial charge in [-0.05, 0) is 49.6 Å². The van der Waals surface area contributed by atoms with Crippen LogP contribution < -0.4 is 10.2 Å². The molecular formula is C20H23N5O2S. The molecule has 1 aromatic carbocycles. The van der Waals surface area contributed by atoms with Crippen molar-refractivity contribution in [3.63, 3.8) is 0 Å². The second kappa shape index (κ2) is 8.52. The van der Waals surface area contributed by atoms with Gasteiger partial charge in [-0.3, -0.25) is 9.36 Å². The highest BCUT2D eigenvalue weighted by Crippen LogP contribution is 2.26. The molecule has 146 valence electrons. The molecule has 28 heavy (non-hydrogen) atoms. The van der Waals surface area contributed by atoms with Gasteiger partial charge in [0, 0.05) is 18.8 Å². The van der Waals surface area contributed by atoms with Crippen LogP contribution in [-0.4, -0.2) is 39.5 Å². The molecule has 1 fully saturated rings. The van der Waals surface area contributed by atoms with Gasteiger partial charge in [0.05, 0.1) is 18.6 Å². The van der Waals surface area contributed by atoms with Gasteiger partial charge in [0.2, 0.25) is 11.9 Å². The van der Waals surface area contributed by atoms with Crippen molar-refractivity contribution in [1.82, 2.24) is 14.8 Å². The predicted molar refractivity (Wildman–Crippen MR) is 110 cm³/mol. The molecule has 0 bridgehead atoms. The van der Waals surface area contributed by atoms with Crippen LogP contribution in [0.25, 0.3) is 0 Å². The van der Waals surface area contributed by atoms with Crippen LogP contribution in [0.1, 0.15) is 24.2 Å². The van der Waals surface area contributed by atoms with Crippen molar-refractivity contribution in [2.45, 2.75) is 31.5 Å². The molecule has 8 heteroatoms. The summed E-state index contributed by atoms with van der Waals surface area (Å²) >= 11 is 1.39. The van der Waals surface area contributed by atoms with Gasteiger partial charge < -0.3 is 14.6 Å². The van der Waals surface area contributed by atoms with Crippen LogP contribution in [0.5, 0.6) is 0 Å². The molecule has 3 aromatic rings. The zero-order valence-corrected chi connectivity index (χ0v) is 16.6. The third-order valence-corrected chi connectivity index (χ3v) is 5.58. The Kier molecular flexibility index (Phi) is 5.66. The number of nitrogens with zero attached hydrogens (tertiary/aromatic N) is 4. The number of amides is 1. The molecule has 2 aromatic heterocycles. The number of hydrogen-bond acceptors (Lipinski definition) is 6. The molecule has 3 heterocycles. The first-order valence-corrected chi connectivity index (χ1v) is 10.4. The normalized spacial score (nSPS) is 13.8. The number of hydrogen-bond donors (Lipinski definition) is 1. The average molecular weight is 398 g/mol. The van der Waals surface area contributed by atoms with E-state index < -0.39 is 0 Å². The lowest BCUT2D eigenvalue weighted by Gasteiger charge is -2.17. The number of carbonyl (C=O) groups is 1. The van der Waals surface area contributed by atoms with E-state index in [-0.39, 0.29) is 11.7 Å². The smallest absolute Gasteiger partial charge is 0.234 e. The number of thioether (sulfide) groups is 1. The Morgan fingerprint density at radius 2 is 2.07 bits per heavy atom. The second-order valence-corrected chi connectivity index (χ2v) is 7.79. The molecule has 1 N–H and O–H groups in total. The Hall–Kier alpha value is -2.74. The minimum Gasteiger partial charge on any atom is -0.467 e. The van der Waals surface area contributed by atoms with E-state index in [1.165, 1.54) is 11.8 Å². The zero-order valence-electron chi connectivity index (χ0n) is 15.8. The number of aromatic nitrogens is 3. The lowest BCUT2D eigenvalue weighted by Crippen LogP contribution is -2.22. The summed E-state index contributed by atoms with van der Waals surface area (Å²) in [5.74, 6) is 1.89. The number of carbonyl (C=O) groups excluding carboxylic acids is 1. The molecule has 0 unspecified atom stereocenters. The summed E-state index contributed by atoms with van der Waals surface area (Å²) in [4.78, 5) is 14.6. The molecule has 0 atom stereocenters. The van der Waals surface area contributed by atoms with E-state index in [9.17, 15) is 4.79 Å². The van der Waals surface area contributed by atoms with E-state index in [1.54, 1.807) is 6.26 Å². The zero-order chi connectivity index (χ0) is 19.3. The van der Waals surface area contributed by atoms with E-state index in [2.05, 4.69) is 20.4 Å². The van der Waals surface area contributed by atoms with Crippen LogP contribution in [0.15, 0.2) is 52.2 Å². The average Bonchev–Trinajstić information content (AvgIpc) is 3.43. The van der Waals surface area contributed by atoms with Gasteiger partial charge in [-0.15, -0.1) is 10.2 Å². The molecule has 1 aliphatic rings. The molecule has 0 radical (unpaired) electrons. The van der Waals surface area contributed by atoms with Crippen molar-refractivity contribution in [3.8, 4) is 0 Å². The summed E-state index contributed by atoms with van der Waals surface area (Å²) < 4.78 is 7.55. The van der Waals surface area contributed by atoms with E-state index in [4.69, 9.17) is 4.42 Å². The van der Waals surface area contributed by atoms with Crippen molar-refractivity contribution in [2.24, 2.45) is 0 Å². The molecule has 7 nitrogen and oxygen atoms in total. The second-order valence-electron chi connectivity index (χ2n) is 6.85. The van der Waals surface area contributed by atoms with Crippen molar-refractivity contribution in [1.29, 1.82) is 0 Å². The van der Waals surface area contributed by atoms with Gasteiger partial charge in [-0.1, -0.05) is 23.9 Å². The Labute approximate surface area is 168 Å². The molecular weight excluding hydrogens is 374 g/mol. The van der Waals surface area contributed by atoms with Gasteiger partial charge >= 0.3 is 0 Å². The molecule has 0 spiro atoms. The quantitative estimate of drug-likeness (QED) is 0.615.